The van der Waals surface area contributed by atoms with E-state index < -0.39 is 0 Å². The molecule has 5 nitrogen and oxygen atoms in total. The Morgan fingerprint density at radius 3 is 2.74 bits per heavy atom. The van der Waals surface area contributed by atoms with Gasteiger partial charge in [-0.15, -0.1) is 0 Å². The number of H-pyrrole nitrogens is 1. The minimum absolute atomic E-state index is 0.274. The number of nitrogens with zero attached hydrogens (tertiary/aromatic N) is 1. The molecule has 0 bridgehead atoms. The van der Waals surface area contributed by atoms with Crippen LogP contribution in [0.25, 0.3) is 21.7 Å². The summed E-state index contributed by atoms with van der Waals surface area (Å²) in [5.41, 5.74) is 2.44. The van der Waals surface area contributed by atoms with Crippen molar-refractivity contribution in [2.45, 2.75) is 0 Å². The zero-order valence-corrected chi connectivity index (χ0v) is 12.2. The molecule has 0 aliphatic carbocycles. The smallest absolute Gasteiger partial charge is 0.308 e. The fourth-order valence-electron chi connectivity index (χ4n) is 2.64. The van der Waals surface area contributed by atoms with Crippen molar-refractivity contribution in [1.82, 2.24) is 10.2 Å². The molecule has 0 atom stereocenters. The van der Waals surface area contributed by atoms with Crippen molar-refractivity contribution in [3.63, 3.8) is 0 Å². The quantitative estimate of drug-likeness (QED) is 0.515. The molecule has 0 radical (unpaired) electrons. The number of amides is 2. The van der Waals surface area contributed by atoms with Crippen molar-refractivity contribution in [2.75, 3.05) is 10.6 Å². The lowest BCUT2D eigenvalue weighted by Crippen LogP contribution is -2.19. The maximum absolute atomic E-state index is 12.3. The molecule has 0 aliphatic rings. The normalized spacial score (nSPS) is 10.8. The highest BCUT2D eigenvalue weighted by atomic mass is 16.2. The molecule has 2 amide bonds. The van der Waals surface area contributed by atoms with Crippen molar-refractivity contribution < 1.29 is 4.79 Å². The van der Waals surface area contributed by atoms with Crippen LogP contribution in [-0.2, 0) is 0 Å². The predicted molar refractivity (Wildman–Crippen MR) is 92.7 cm³/mol. The van der Waals surface area contributed by atoms with Crippen LogP contribution >= 0.6 is 0 Å². The minimum Gasteiger partial charge on any atom is -0.308 e. The summed E-state index contributed by atoms with van der Waals surface area (Å²) < 4.78 is 0. The van der Waals surface area contributed by atoms with Crippen LogP contribution in [0, 0.1) is 0 Å². The van der Waals surface area contributed by atoms with Gasteiger partial charge in [-0.3, -0.25) is 5.10 Å². The Morgan fingerprint density at radius 2 is 1.78 bits per heavy atom. The second-order valence-electron chi connectivity index (χ2n) is 5.28. The largest absolute Gasteiger partial charge is 0.323 e. The summed E-state index contributed by atoms with van der Waals surface area (Å²) in [4.78, 5) is 12.3. The summed E-state index contributed by atoms with van der Waals surface area (Å²) in [6.45, 7) is 0. The standard InChI is InChI=1S/C18H14N4O/c23-18(20-14-8-9-16-13(10-14)11-19-22-16)21-17-7-3-5-12-4-1-2-6-15(12)17/h1-11H,(H,19,22)(H2,20,21,23). The molecule has 4 rings (SSSR count). The highest BCUT2D eigenvalue weighted by molar-refractivity contribution is 6.06. The Kier molecular flexibility index (Phi) is 3.16. The van der Waals surface area contributed by atoms with Gasteiger partial charge in [0.2, 0.25) is 0 Å². The van der Waals surface area contributed by atoms with Gasteiger partial charge in [0.1, 0.15) is 0 Å². The number of aromatic nitrogens is 2. The van der Waals surface area contributed by atoms with Crippen molar-refractivity contribution in [3.05, 3.63) is 66.9 Å². The minimum atomic E-state index is -0.274. The summed E-state index contributed by atoms with van der Waals surface area (Å²) in [5.74, 6) is 0. The highest BCUT2D eigenvalue weighted by Crippen LogP contribution is 2.23. The zero-order chi connectivity index (χ0) is 15.6. The third kappa shape index (κ3) is 2.60. The lowest BCUT2D eigenvalue weighted by molar-refractivity contribution is 0.262. The lowest BCUT2D eigenvalue weighted by atomic mass is 10.1. The van der Waals surface area contributed by atoms with Crippen molar-refractivity contribution >= 4 is 39.1 Å². The van der Waals surface area contributed by atoms with E-state index in [1.54, 1.807) is 6.20 Å². The second-order valence-corrected chi connectivity index (χ2v) is 5.28. The summed E-state index contributed by atoms with van der Waals surface area (Å²) in [6, 6.07) is 19.1. The SMILES string of the molecule is O=C(Nc1ccc2[nH]ncc2c1)Nc1cccc2ccccc12. The molecule has 23 heavy (non-hydrogen) atoms. The molecule has 3 N–H and O–H groups in total. The van der Waals surface area contributed by atoms with Crippen molar-refractivity contribution in [3.8, 4) is 0 Å². The first kappa shape index (κ1) is 13.3. The molecule has 0 spiro atoms. The molecular formula is C18H14N4O. The Bertz CT molecular complexity index is 1000. The summed E-state index contributed by atoms with van der Waals surface area (Å²) >= 11 is 0. The Balaban J connectivity index is 1.57. The van der Waals surface area contributed by atoms with Gasteiger partial charge in [-0.1, -0.05) is 36.4 Å². The van der Waals surface area contributed by atoms with Gasteiger partial charge in [-0.05, 0) is 29.7 Å². The number of hydrogen-bond acceptors (Lipinski definition) is 2. The van der Waals surface area contributed by atoms with Crippen LogP contribution < -0.4 is 10.6 Å². The Hall–Kier alpha value is -3.34. The van der Waals surface area contributed by atoms with Crippen LogP contribution in [0.2, 0.25) is 0 Å². The van der Waals surface area contributed by atoms with E-state index in [9.17, 15) is 4.79 Å². The third-order valence-electron chi connectivity index (χ3n) is 3.74. The first-order chi connectivity index (χ1) is 11.3. The highest BCUT2D eigenvalue weighted by Gasteiger charge is 2.06. The average Bonchev–Trinajstić information content (AvgIpc) is 3.03. The van der Waals surface area contributed by atoms with E-state index in [-0.39, 0.29) is 6.03 Å². The first-order valence-corrected chi connectivity index (χ1v) is 7.28. The number of carbonyl (C=O) groups is 1. The van der Waals surface area contributed by atoms with Crippen LogP contribution in [0.15, 0.2) is 66.9 Å². The van der Waals surface area contributed by atoms with Gasteiger partial charge < -0.3 is 10.6 Å². The topological polar surface area (TPSA) is 69.8 Å². The molecule has 0 fully saturated rings. The predicted octanol–water partition coefficient (Wildman–Crippen LogP) is 4.36. The number of carbonyl (C=O) groups excluding carboxylic acids is 1. The van der Waals surface area contributed by atoms with Crippen molar-refractivity contribution in [2.24, 2.45) is 0 Å². The van der Waals surface area contributed by atoms with Gasteiger partial charge in [-0.25, -0.2) is 4.79 Å². The maximum atomic E-state index is 12.3. The van der Waals surface area contributed by atoms with Gasteiger partial charge >= 0.3 is 6.03 Å². The summed E-state index contributed by atoms with van der Waals surface area (Å²) in [7, 11) is 0. The fraction of sp³-hybridized carbons (Fsp3) is 0. The number of nitrogens with one attached hydrogen (secondary N) is 3. The van der Waals surface area contributed by atoms with Gasteiger partial charge in [0, 0.05) is 16.5 Å². The molecule has 0 saturated heterocycles. The average molecular weight is 302 g/mol. The van der Waals surface area contributed by atoms with Gasteiger partial charge in [0.05, 0.1) is 17.4 Å². The Morgan fingerprint density at radius 1 is 0.913 bits per heavy atom. The lowest BCUT2D eigenvalue weighted by Gasteiger charge is -2.10. The number of hydrogen-bond donors (Lipinski definition) is 3. The third-order valence-corrected chi connectivity index (χ3v) is 3.74. The number of anilines is 2. The van der Waals surface area contributed by atoms with E-state index in [0.717, 1.165) is 33.1 Å². The van der Waals surface area contributed by atoms with E-state index in [2.05, 4.69) is 20.8 Å². The number of rotatable bonds is 2. The fourth-order valence-corrected chi connectivity index (χ4v) is 2.64. The number of aromatic amines is 1. The number of benzene rings is 3. The van der Waals surface area contributed by atoms with Crippen molar-refractivity contribution in [1.29, 1.82) is 0 Å². The first-order valence-electron chi connectivity index (χ1n) is 7.28. The van der Waals surface area contributed by atoms with E-state index in [4.69, 9.17) is 0 Å². The molecule has 0 aliphatic heterocycles. The molecule has 1 aromatic heterocycles. The van der Waals surface area contributed by atoms with E-state index in [1.165, 1.54) is 0 Å². The van der Waals surface area contributed by atoms with Crippen LogP contribution in [0.4, 0.5) is 16.2 Å². The number of fused-ring (bicyclic) bond motifs is 2. The van der Waals surface area contributed by atoms with Crippen LogP contribution in [0.5, 0.6) is 0 Å². The van der Waals surface area contributed by atoms with Crippen LogP contribution in [0.1, 0.15) is 0 Å². The molecule has 1 heterocycles. The summed E-state index contributed by atoms with van der Waals surface area (Å²) in [6.07, 6.45) is 1.73. The van der Waals surface area contributed by atoms with Gasteiger partial charge in [0.25, 0.3) is 0 Å². The molecule has 4 aromatic rings. The second kappa shape index (κ2) is 5.46. The molecular weight excluding hydrogens is 288 g/mol. The molecule has 112 valence electrons. The monoisotopic (exact) mass is 302 g/mol. The Labute approximate surface area is 132 Å². The van der Waals surface area contributed by atoms with E-state index in [1.807, 2.05) is 60.7 Å². The van der Waals surface area contributed by atoms with E-state index in [0.29, 0.717) is 0 Å². The van der Waals surface area contributed by atoms with Crippen LogP contribution in [-0.4, -0.2) is 16.2 Å². The molecule has 0 saturated carbocycles. The van der Waals surface area contributed by atoms with Gasteiger partial charge in [-0.2, -0.15) is 5.10 Å². The zero-order valence-electron chi connectivity index (χ0n) is 12.2. The molecule has 3 aromatic carbocycles. The number of urea groups is 1. The molecule has 0 unspecified atom stereocenters. The van der Waals surface area contributed by atoms with Gasteiger partial charge in [0.15, 0.2) is 0 Å². The van der Waals surface area contributed by atoms with E-state index >= 15 is 0 Å². The van der Waals surface area contributed by atoms with Crippen LogP contribution in [0.3, 0.4) is 0 Å². The molecule has 5 heteroatoms. The maximum Gasteiger partial charge on any atom is 0.323 e. The summed E-state index contributed by atoms with van der Waals surface area (Å²) in [5, 5.41) is 15.6.